The van der Waals surface area contributed by atoms with Crippen molar-refractivity contribution in [2.45, 2.75) is 19.0 Å². The van der Waals surface area contributed by atoms with Crippen LogP contribution in [0.25, 0.3) is 0 Å². The molecule has 2 aliphatic heterocycles. The zero-order chi connectivity index (χ0) is 17.2. The van der Waals surface area contributed by atoms with Gasteiger partial charge in [0.25, 0.3) is 5.56 Å². The molecule has 25 heavy (non-hydrogen) atoms. The fourth-order valence-electron chi connectivity index (χ4n) is 3.26. The van der Waals surface area contributed by atoms with E-state index in [1.54, 1.807) is 30.7 Å². The Labute approximate surface area is 146 Å². The second-order valence-corrected chi connectivity index (χ2v) is 6.51. The summed E-state index contributed by atoms with van der Waals surface area (Å²) < 4.78 is 6.68. The highest BCUT2D eigenvalue weighted by molar-refractivity contribution is 5.42. The highest BCUT2D eigenvalue weighted by atomic mass is 16.5. The van der Waals surface area contributed by atoms with Crippen molar-refractivity contribution < 1.29 is 4.74 Å². The first-order valence-corrected chi connectivity index (χ1v) is 8.56. The monoisotopic (exact) mass is 342 g/mol. The second kappa shape index (κ2) is 6.81. The Morgan fingerprint density at radius 3 is 2.72 bits per heavy atom. The molecule has 2 aromatic rings. The van der Waals surface area contributed by atoms with E-state index in [0.29, 0.717) is 17.9 Å². The van der Waals surface area contributed by atoms with Gasteiger partial charge in [-0.3, -0.25) is 15.1 Å². The molecule has 0 aliphatic carbocycles. The van der Waals surface area contributed by atoms with Gasteiger partial charge in [0, 0.05) is 37.9 Å². The average molecular weight is 342 g/mol. The quantitative estimate of drug-likeness (QED) is 0.863. The fraction of sp³-hybridized carbons (Fsp3) is 0.471. The molecule has 2 saturated heterocycles. The molecule has 0 aromatic carbocycles. The summed E-state index contributed by atoms with van der Waals surface area (Å²) in [7, 11) is 0. The first kappa shape index (κ1) is 16.0. The Morgan fingerprint density at radius 1 is 1.20 bits per heavy atom. The molecule has 0 spiro atoms. The minimum absolute atomic E-state index is 0.141. The van der Waals surface area contributed by atoms with E-state index in [2.05, 4.69) is 32.1 Å². The molecular weight excluding hydrogens is 320 g/mol. The number of pyridine rings is 1. The lowest BCUT2D eigenvalue weighted by atomic mass is 10.1. The lowest BCUT2D eigenvalue weighted by Crippen LogP contribution is -2.59. The Morgan fingerprint density at radius 2 is 2.08 bits per heavy atom. The summed E-state index contributed by atoms with van der Waals surface area (Å²) >= 11 is 0. The third kappa shape index (κ3) is 3.35. The molecule has 1 atom stereocenters. The predicted octanol–water partition coefficient (Wildman–Crippen LogP) is 0.423. The number of hydrogen-bond acceptors (Lipinski definition) is 7. The Kier molecular flexibility index (Phi) is 4.37. The summed E-state index contributed by atoms with van der Waals surface area (Å²) in [5.41, 5.74) is 2.80. The van der Waals surface area contributed by atoms with Gasteiger partial charge in [0.05, 0.1) is 31.6 Å². The van der Waals surface area contributed by atoms with Crippen molar-refractivity contribution in [1.29, 1.82) is 0 Å². The van der Waals surface area contributed by atoms with Crippen LogP contribution in [0, 0.1) is 0 Å². The molecule has 4 heterocycles. The molecule has 1 unspecified atom stereocenters. The summed E-state index contributed by atoms with van der Waals surface area (Å²) in [6.45, 7) is 6.87. The minimum atomic E-state index is -0.141. The van der Waals surface area contributed by atoms with Crippen molar-refractivity contribution in [3.05, 3.63) is 47.1 Å². The average Bonchev–Trinajstić information content (AvgIpc) is 2.57. The van der Waals surface area contributed by atoms with E-state index in [1.807, 2.05) is 0 Å². The third-order valence-corrected chi connectivity index (χ3v) is 4.79. The van der Waals surface area contributed by atoms with Gasteiger partial charge in [-0.1, -0.05) is 6.07 Å². The molecule has 4 rings (SSSR count). The maximum atomic E-state index is 11.7. The number of nitrogens with zero attached hydrogens (tertiary/aromatic N) is 5. The number of rotatable bonds is 4. The number of piperazine rings is 1. The minimum Gasteiger partial charge on any atom is -0.378 e. The van der Waals surface area contributed by atoms with Crippen LogP contribution >= 0.6 is 0 Å². The van der Waals surface area contributed by atoms with Crippen molar-refractivity contribution in [2.24, 2.45) is 0 Å². The molecule has 1 N–H and O–H groups in total. The summed E-state index contributed by atoms with van der Waals surface area (Å²) in [5, 5.41) is 0. The van der Waals surface area contributed by atoms with Gasteiger partial charge >= 0.3 is 0 Å². The van der Waals surface area contributed by atoms with Gasteiger partial charge < -0.3 is 9.64 Å². The fourth-order valence-corrected chi connectivity index (χ4v) is 3.26. The van der Waals surface area contributed by atoms with Crippen molar-refractivity contribution in [1.82, 2.24) is 19.5 Å². The van der Waals surface area contributed by atoms with Gasteiger partial charge in [-0.05, 0) is 13.0 Å². The normalized spacial score (nSPS) is 21.8. The standard InChI is InChI=1S/C17H22N6O2/c1-13-10-21(14-11-25-12-14)6-7-22(13)16-9-18-15(8-19-16)20-23-5-3-2-4-17(23)24/h2-5,8-9,13-14H,6-7,10-12H2,1H3,(H,18,20). The molecule has 2 aliphatic rings. The smallest absolute Gasteiger partial charge is 0.269 e. The number of hydrogen-bond donors (Lipinski definition) is 1. The summed E-state index contributed by atoms with van der Waals surface area (Å²) in [6.07, 6.45) is 5.08. The predicted molar refractivity (Wildman–Crippen MR) is 94.7 cm³/mol. The van der Waals surface area contributed by atoms with E-state index in [-0.39, 0.29) is 5.56 Å². The SMILES string of the molecule is CC1CN(C2COC2)CCN1c1cnc(Nn2ccccc2=O)cn1. The molecule has 0 bridgehead atoms. The van der Waals surface area contributed by atoms with Gasteiger partial charge in [0.15, 0.2) is 5.82 Å². The zero-order valence-corrected chi connectivity index (χ0v) is 14.2. The van der Waals surface area contributed by atoms with Crippen LogP contribution < -0.4 is 15.9 Å². The summed E-state index contributed by atoms with van der Waals surface area (Å²) in [6, 6.07) is 5.92. The molecule has 8 nitrogen and oxygen atoms in total. The molecule has 8 heteroatoms. The third-order valence-electron chi connectivity index (χ3n) is 4.79. The number of aromatic nitrogens is 3. The maximum Gasteiger partial charge on any atom is 0.269 e. The van der Waals surface area contributed by atoms with Crippen LogP contribution in [0.5, 0.6) is 0 Å². The Bertz CT molecular complexity index is 773. The van der Waals surface area contributed by atoms with E-state index >= 15 is 0 Å². The van der Waals surface area contributed by atoms with Crippen LogP contribution in [-0.4, -0.2) is 64.5 Å². The van der Waals surface area contributed by atoms with Gasteiger partial charge in [-0.25, -0.2) is 14.6 Å². The van der Waals surface area contributed by atoms with Crippen molar-refractivity contribution >= 4 is 11.6 Å². The van der Waals surface area contributed by atoms with Crippen LogP contribution in [0.1, 0.15) is 6.92 Å². The summed E-state index contributed by atoms with van der Waals surface area (Å²) in [4.78, 5) is 25.4. The Hall–Kier alpha value is -2.45. The van der Waals surface area contributed by atoms with Crippen LogP contribution in [-0.2, 0) is 4.74 Å². The summed E-state index contributed by atoms with van der Waals surface area (Å²) in [5.74, 6) is 1.40. The van der Waals surface area contributed by atoms with Gasteiger partial charge in [-0.2, -0.15) is 0 Å². The molecular formula is C17H22N6O2. The molecule has 0 radical (unpaired) electrons. The second-order valence-electron chi connectivity index (χ2n) is 6.51. The maximum absolute atomic E-state index is 11.7. The van der Waals surface area contributed by atoms with Crippen LogP contribution in [0.4, 0.5) is 11.6 Å². The van der Waals surface area contributed by atoms with E-state index in [1.165, 1.54) is 10.7 Å². The van der Waals surface area contributed by atoms with Crippen molar-refractivity contribution in [3.63, 3.8) is 0 Å². The highest BCUT2D eigenvalue weighted by Gasteiger charge is 2.32. The molecule has 132 valence electrons. The zero-order valence-electron chi connectivity index (χ0n) is 14.2. The highest BCUT2D eigenvalue weighted by Crippen LogP contribution is 2.21. The van der Waals surface area contributed by atoms with Crippen molar-refractivity contribution in [3.8, 4) is 0 Å². The topological polar surface area (TPSA) is 75.5 Å². The molecule has 0 amide bonds. The first-order valence-electron chi connectivity index (χ1n) is 8.56. The van der Waals surface area contributed by atoms with Gasteiger partial charge in [-0.15, -0.1) is 0 Å². The van der Waals surface area contributed by atoms with Gasteiger partial charge in [0.1, 0.15) is 5.82 Å². The van der Waals surface area contributed by atoms with E-state index < -0.39 is 0 Å². The lowest BCUT2D eigenvalue weighted by molar-refractivity contribution is -0.0692. The van der Waals surface area contributed by atoms with Crippen LogP contribution in [0.15, 0.2) is 41.6 Å². The lowest BCUT2D eigenvalue weighted by Gasteiger charge is -2.46. The molecule has 0 saturated carbocycles. The van der Waals surface area contributed by atoms with Crippen LogP contribution in [0.2, 0.25) is 0 Å². The molecule has 2 aromatic heterocycles. The Balaban J connectivity index is 1.42. The van der Waals surface area contributed by atoms with Crippen LogP contribution in [0.3, 0.4) is 0 Å². The molecule has 2 fully saturated rings. The van der Waals surface area contributed by atoms with E-state index in [9.17, 15) is 4.79 Å². The van der Waals surface area contributed by atoms with Crippen molar-refractivity contribution in [2.75, 3.05) is 43.2 Å². The van der Waals surface area contributed by atoms with Gasteiger partial charge in [0.2, 0.25) is 0 Å². The number of ether oxygens (including phenoxy) is 1. The van der Waals surface area contributed by atoms with E-state index in [4.69, 9.17) is 4.74 Å². The first-order chi connectivity index (χ1) is 12.2. The number of anilines is 2. The van der Waals surface area contributed by atoms with E-state index in [0.717, 1.165) is 38.7 Å². The number of nitrogens with one attached hydrogen (secondary N) is 1. The largest absolute Gasteiger partial charge is 0.378 e.